The molecule has 0 amide bonds. The van der Waals surface area contributed by atoms with Gasteiger partial charge in [-0.3, -0.25) is 4.79 Å². The average molecular weight is 405 g/mol. The van der Waals surface area contributed by atoms with Crippen LogP contribution in [0.2, 0.25) is 0 Å². The van der Waals surface area contributed by atoms with Gasteiger partial charge in [0, 0.05) is 31.9 Å². The predicted octanol–water partition coefficient (Wildman–Crippen LogP) is 4.22. The largest absolute Gasteiger partial charge is 0.506 e. The molecule has 0 bridgehead atoms. The van der Waals surface area contributed by atoms with Gasteiger partial charge in [-0.1, -0.05) is 18.2 Å². The topological polar surface area (TPSA) is 53.0 Å². The molecule has 2 aliphatic rings. The first-order valence-corrected chi connectivity index (χ1v) is 10.3. The van der Waals surface area contributed by atoms with Crippen LogP contribution < -0.4 is 9.64 Å². The molecule has 2 aliphatic heterocycles. The van der Waals surface area contributed by atoms with Crippen molar-refractivity contribution in [3.05, 3.63) is 65.2 Å². The van der Waals surface area contributed by atoms with E-state index in [1.54, 1.807) is 18.2 Å². The van der Waals surface area contributed by atoms with Gasteiger partial charge in [0.1, 0.15) is 17.1 Å². The van der Waals surface area contributed by atoms with Gasteiger partial charge in [0.15, 0.2) is 5.78 Å². The van der Waals surface area contributed by atoms with E-state index in [1.807, 2.05) is 38.1 Å². The predicted molar refractivity (Wildman–Crippen MR) is 121 cm³/mol. The van der Waals surface area contributed by atoms with Crippen molar-refractivity contribution in [1.29, 1.82) is 0 Å². The number of rotatable bonds is 4. The number of ketones is 1. The number of likely N-dealkylation sites (N-methyl/N-ethyl adjacent to an activating group) is 1. The van der Waals surface area contributed by atoms with E-state index in [1.165, 1.54) is 11.8 Å². The quantitative estimate of drug-likeness (QED) is 0.611. The maximum atomic E-state index is 12.7. The number of aromatic hydroxyl groups is 1. The summed E-state index contributed by atoms with van der Waals surface area (Å²) < 4.78 is 5.85. The number of carbonyl (C=O) groups excluding carboxylic acids is 1. The van der Waals surface area contributed by atoms with Gasteiger partial charge in [0.2, 0.25) is 0 Å². The Hall–Kier alpha value is -3.05. The number of hydrogen-bond donors (Lipinski definition) is 1. The SMILES string of the molecule is CN1CCN(c2ccc(/C=C/C(=O)c3ccc4c(c3O)C=CC(C)(C)O4)cc2)CC1. The first-order chi connectivity index (χ1) is 14.3. The maximum Gasteiger partial charge on any atom is 0.189 e. The maximum absolute atomic E-state index is 12.7. The zero-order chi connectivity index (χ0) is 21.3. The van der Waals surface area contributed by atoms with E-state index in [2.05, 4.69) is 29.0 Å². The molecule has 0 atom stereocenters. The molecule has 2 heterocycles. The standard InChI is InChI=1S/C25H28N2O3/c1-25(2)13-12-21-23(30-25)11-9-20(24(21)29)22(28)10-6-18-4-7-19(8-5-18)27-16-14-26(3)15-17-27/h4-13,29H,14-17H2,1-3H3/b10-6+. The fraction of sp³-hybridized carbons (Fsp3) is 0.320. The third kappa shape index (κ3) is 4.26. The molecule has 4 rings (SSSR count). The molecule has 30 heavy (non-hydrogen) atoms. The van der Waals surface area contributed by atoms with Crippen molar-refractivity contribution >= 4 is 23.6 Å². The number of carbonyl (C=O) groups is 1. The molecule has 0 spiro atoms. The average Bonchev–Trinajstić information content (AvgIpc) is 2.72. The second-order valence-electron chi connectivity index (χ2n) is 8.49. The Bertz CT molecular complexity index is 998. The summed E-state index contributed by atoms with van der Waals surface area (Å²) in [6.07, 6.45) is 6.97. The van der Waals surface area contributed by atoms with Crippen LogP contribution in [0.15, 0.2) is 48.6 Å². The molecule has 5 nitrogen and oxygen atoms in total. The molecule has 1 fully saturated rings. The van der Waals surface area contributed by atoms with E-state index in [-0.39, 0.29) is 17.1 Å². The van der Waals surface area contributed by atoms with Crippen molar-refractivity contribution in [2.45, 2.75) is 19.4 Å². The molecule has 1 saturated heterocycles. The molecular formula is C25H28N2O3. The minimum Gasteiger partial charge on any atom is -0.506 e. The van der Waals surface area contributed by atoms with Gasteiger partial charge in [-0.2, -0.15) is 0 Å². The number of phenolic OH excluding ortho intramolecular Hbond substituents is 1. The molecular weight excluding hydrogens is 376 g/mol. The first-order valence-electron chi connectivity index (χ1n) is 10.3. The Balaban J connectivity index is 1.46. The fourth-order valence-corrected chi connectivity index (χ4v) is 3.76. The van der Waals surface area contributed by atoms with Crippen LogP contribution in [0.1, 0.15) is 35.3 Å². The summed E-state index contributed by atoms with van der Waals surface area (Å²) in [5.74, 6) is 0.302. The Kier molecular flexibility index (Phi) is 5.39. The summed E-state index contributed by atoms with van der Waals surface area (Å²) in [7, 11) is 2.15. The number of ether oxygens (including phenoxy) is 1. The number of fused-ring (bicyclic) bond motifs is 1. The van der Waals surface area contributed by atoms with E-state index in [0.717, 1.165) is 31.7 Å². The lowest BCUT2D eigenvalue weighted by atomic mass is 9.98. The number of phenols is 1. The van der Waals surface area contributed by atoms with Crippen molar-refractivity contribution < 1.29 is 14.6 Å². The van der Waals surface area contributed by atoms with Gasteiger partial charge >= 0.3 is 0 Å². The van der Waals surface area contributed by atoms with E-state index in [4.69, 9.17) is 4.74 Å². The van der Waals surface area contributed by atoms with Crippen molar-refractivity contribution in [2.75, 3.05) is 38.1 Å². The molecule has 0 radical (unpaired) electrons. The van der Waals surface area contributed by atoms with Gasteiger partial charge in [-0.15, -0.1) is 0 Å². The second-order valence-corrected chi connectivity index (χ2v) is 8.49. The zero-order valence-electron chi connectivity index (χ0n) is 17.8. The molecule has 0 aliphatic carbocycles. The van der Waals surface area contributed by atoms with E-state index >= 15 is 0 Å². The minimum absolute atomic E-state index is 0.0423. The van der Waals surface area contributed by atoms with Crippen molar-refractivity contribution in [3.8, 4) is 11.5 Å². The van der Waals surface area contributed by atoms with Crippen LogP contribution in [0.25, 0.3) is 12.2 Å². The summed E-state index contributed by atoms with van der Waals surface area (Å²) >= 11 is 0. The van der Waals surface area contributed by atoms with Crippen LogP contribution in [0.5, 0.6) is 11.5 Å². The lowest BCUT2D eigenvalue weighted by Crippen LogP contribution is -2.44. The second kappa shape index (κ2) is 8.00. The normalized spacial score (nSPS) is 18.3. The Labute approximate surface area is 177 Å². The van der Waals surface area contributed by atoms with E-state index in [0.29, 0.717) is 11.3 Å². The number of allylic oxidation sites excluding steroid dienone is 1. The van der Waals surface area contributed by atoms with E-state index in [9.17, 15) is 9.90 Å². The Morgan fingerprint density at radius 3 is 2.47 bits per heavy atom. The van der Waals surface area contributed by atoms with Gasteiger partial charge in [-0.05, 0) is 69.0 Å². The molecule has 1 N–H and O–H groups in total. The molecule has 2 aromatic carbocycles. The highest BCUT2D eigenvalue weighted by Gasteiger charge is 2.25. The minimum atomic E-state index is -0.429. The highest BCUT2D eigenvalue weighted by atomic mass is 16.5. The summed E-state index contributed by atoms with van der Waals surface area (Å²) in [4.78, 5) is 17.4. The summed E-state index contributed by atoms with van der Waals surface area (Å²) in [5.41, 5.74) is 2.54. The Morgan fingerprint density at radius 1 is 1.07 bits per heavy atom. The third-order valence-electron chi connectivity index (χ3n) is 5.66. The highest BCUT2D eigenvalue weighted by molar-refractivity contribution is 6.09. The summed E-state index contributed by atoms with van der Waals surface area (Å²) in [5, 5.41) is 10.6. The first kappa shape index (κ1) is 20.2. The number of nitrogens with zero attached hydrogens (tertiary/aromatic N) is 2. The molecule has 2 aromatic rings. The number of piperazine rings is 1. The molecule has 0 aromatic heterocycles. The highest BCUT2D eigenvalue weighted by Crippen LogP contribution is 2.38. The van der Waals surface area contributed by atoms with Crippen LogP contribution in [-0.2, 0) is 0 Å². The van der Waals surface area contributed by atoms with Crippen molar-refractivity contribution in [2.24, 2.45) is 0 Å². The third-order valence-corrected chi connectivity index (χ3v) is 5.66. The monoisotopic (exact) mass is 404 g/mol. The number of anilines is 1. The van der Waals surface area contributed by atoms with Crippen molar-refractivity contribution in [1.82, 2.24) is 4.90 Å². The summed E-state index contributed by atoms with van der Waals surface area (Å²) in [6, 6.07) is 11.6. The van der Waals surface area contributed by atoms with Crippen LogP contribution >= 0.6 is 0 Å². The van der Waals surface area contributed by atoms with Crippen LogP contribution in [0.3, 0.4) is 0 Å². The van der Waals surface area contributed by atoms with E-state index < -0.39 is 5.60 Å². The molecule has 0 unspecified atom stereocenters. The zero-order valence-corrected chi connectivity index (χ0v) is 17.8. The molecule has 5 heteroatoms. The fourth-order valence-electron chi connectivity index (χ4n) is 3.76. The number of benzene rings is 2. The number of hydrogen-bond acceptors (Lipinski definition) is 5. The lowest BCUT2D eigenvalue weighted by Gasteiger charge is -2.34. The van der Waals surface area contributed by atoms with Crippen molar-refractivity contribution in [3.63, 3.8) is 0 Å². The van der Waals surface area contributed by atoms with Crippen LogP contribution in [-0.4, -0.2) is 54.6 Å². The summed E-state index contributed by atoms with van der Waals surface area (Å²) in [6.45, 7) is 8.07. The van der Waals surface area contributed by atoms with Crippen LogP contribution in [0.4, 0.5) is 5.69 Å². The van der Waals surface area contributed by atoms with Gasteiger partial charge < -0.3 is 19.6 Å². The van der Waals surface area contributed by atoms with Gasteiger partial charge in [0.05, 0.1) is 11.1 Å². The van der Waals surface area contributed by atoms with Gasteiger partial charge in [0.25, 0.3) is 0 Å². The van der Waals surface area contributed by atoms with Gasteiger partial charge in [-0.25, -0.2) is 0 Å². The smallest absolute Gasteiger partial charge is 0.189 e. The van der Waals surface area contributed by atoms with Crippen LogP contribution in [0, 0.1) is 0 Å². The molecule has 0 saturated carbocycles. The Morgan fingerprint density at radius 2 is 1.77 bits per heavy atom. The lowest BCUT2D eigenvalue weighted by molar-refractivity contribution is 0.104. The molecule has 156 valence electrons.